The van der Waals surface area contributed by atoms with Crippen LogP contribution in [-0.4, -0.2) is 9.97 Å². The van der Waals surface area contributed by atoms with Crippen molar-refractivity contribution < 1.29 is 9.15 Å². The summed E-state index contributed by atoms with van der Waals surface area (Å²) in [7, 11) is 0. The van der Waals surface area contributed by atoms with E-state index < -0.39 is 5.63 Å². The zero-order chi connectivity index (χ0) is 17.4. The van der Waals surface area contributed by atoms with E-state index in [1.165, 1.54) is 12.4 Å². The molecule has 0 atom stereocenters. The van der Waals surface area contributed by atoms with E-state index in [9.17, 15) is 4.79 Å². The molecular formula is C18H10Br2N2O3. The van der Waals surface area contributed by atoms with Gasteiger partial charge in [0.1, 0.15) is 18.5 Å². The Balaban J connectivity index is 1.74. The van der Waals surface area contributed by atoms with Crippen molar-refractivity contribution in [1.82, 2.24) is 9.97 Å². The molecule has 0 amide bonds. The summed E-state index contributed by atoms with van der Waals surface area (Å²) in [5.41, 5.74) is 1.62. The van der Waals surface area contributed by atoms with E-state index in [1.807, 2.05) is 30.3 Å². The van der Waals surface area contributed by atoms with Crippen molar-refractivity contribution in [3.05, 3.63) is 73.7 Å². The minimum atomic E-state index is -0.417. The number of ether oxygens (including phenoxy) is 1. The first-order valence-electron chi connectivity index (χ1n) is 7.35. The Morgan fingerprint density at radius 3 is 2.64 bits per heavy atom. The number of aromatic nitrogens is 2. The van der Waals surface area contributed by atoms with E-state index in [1.54, 1.807) is 6.07 Å². The maximum Gasteiger partial charge on any atom is 0.336 e. The number of halogens is 2. The van der Waals surface area contributed by atoms with Gasteiger partial charge >= 0.3 is 5.63 Å². The average Bonchev–Trinajstić information content (AvgIpc) is 2.59. The van der Waals surface area contributed by atoms with Gasteiger partial charge < -0.3 is 9.15 Å². The molecule has 124 valence electrons. The van der Waals surface area contributed by atoms with Crippen LogP contribution >= 0.6 is 31.9 Å². The zero-order valence-electron chi connectivity index (χ0n) is 12.7. The van der Waals surface area contributed by atoms with E-state index in [2.05, 4.69) is 41.8 Å². The Bertz CT molecular complexity index is 1160. The quantitative estimate of drug-likeness (QED) is 0.408. The van der Waals surface area contributed by atoms with Gasteiger partial charge in [-0.2, -0.15) is 0 Å². The van der Waals surface area contributed by atoms with E-state index in [0.717, 1.165) is 30.8 Å². The van der Waals surface area contributed by atoms with Crippen molar-refractivity contribution in [2.75, 3.05) is 0 Å². The third-order valence-corrected chi connectivity index (χ3v) is 4.70. The molecule has 4 aromatic rings. The monoisotopic (exact) mass is 460 g/mol. The molecule has 0 unspecified atom stereocenters. The van der Waals surface area contributed by atoms with Crippen molar-refractivity contribution in [2.24, 2.45) is 0 Å². The molecule has 4 rings (SSSR count). The lowest BCUT2D eigenvalue weighted by molar-refractivity contribution is 0.298. The van der Waals surface area contributed by atoms with Crippen LogP contribution in [0.3, 0.4) is 0 Å². The van der Waals surface area contributed by atoms with E-state index in [0.29, 0.717) is 11.5 Å². The van der Waals surface area contributed by atoms with Crippen LogP contribution in [0.5, 0.6) is 5.88 Å². The SMILES string of the molecule is O=c1cc(COc2ncnc3ccc(Br)cc23)c2ccc(Br)cc2o1. The fourth-order valence-corrected chi connectivity index (χ4v) is 3.29. The van der Waals surface area contributed by atoms with Crippen LogP contribution in [0.4, 0.5) is 0 Å². The van der Waals surface area contributed by atoms with Gasteiger partial charge in [-0.15, -0.1) is 0 Å². The van der Waals surface area contributed by atoms with Gasteiger partial charge in [-0.3, -0.25) is 0 Å². The van der Waals surface area contributed by atoms with Gasteiger partial charge in [0.05, 0.1) is 10.9 Å². The van der Waals surface area contributed by atoms with Gasteiger partial charge in [0.15, 0.2) is 0 Å². The fraction of sp³-hybridized carbons (Fsp3) is 0.0556. The molecule has 5 nitrogen and oxygen atoms in total. The second kappa shape index (κ2) is 6.57. The highest BCUT2D eigenvalue weighted by molar-refractivity contribution is 9.10. The maximum atomic E-state index is 11.8. The lowest BCUT2D eigenvalue weighted by Crippen LogP contribution is -2.05. The first kappa shape index (κ1) is 16.2. The van der Waals surface area contributed by atoms with Crippen LogP contribution in [0.1, 0.15) is 5.56 Å². The van der Waals surface area contributed by atoms with Crippen LogP contribution < -0.4 is 10.4 Å². The lowest BCUT2D eigenvalue weighted by atomic mass is 10.1. The molecular weight excluding hydrogens is 452 g/mol. The Morgan fingerprint density at radius 1 is 0.960 bits per heavy atom. The van der Waals surface area contributed by atoms with Crippen molar-refractivity contribution >= 4 is 53.7 Å². The highest BCUT2D eigenvalue weighted by atomic mass is 79.9. The second-order valence-electron chi connectivity index (χ2n) is 5.36. The van der Waals surface area contributed by atoms with Crippen molar-refractivity contribution in [1.29, 1.82) is 0 Å². The summed E-state index contributed by atoms with van der Waals surface area (Å²) in [4.78, 5) is 20.3. The van der Waals surface area contributed by atoms with Gasteiger partial charge in [-0.1, -0.05) is 31.9 Å². The minimum Gasteiger partial charge on any atom is -0.472 e. The Hall–Kier alpha value is -2.25. The maximum absolute atomic E-state index is 11.8. The predicted octanol–water partition coefficient (Wildman–Crippen LogP) is 4.84. The third-order valence-electron chi connectivity index (χ3n) is 3.72. The van der Waals surface area contributed by atoms with Gasteiger partial charge in [0, 0.05) is 26.0 Å². The first-order valence-corrected chi connectivity index (χ1v) is 8.94. The predicted molar refractivity (Wildman–Crippen MR) is 102 cm³/mol. The molecule has 2 heterocycles. The minimum absolute atomic E-state index is 0.197. The molecule has 0 aliphatic rings. The van der Waals surface area contributed by atoms with Crippen molar-refractivity contribution in [3.63, 3.8) is 0 Å². The summed E-state index contributed by atoms with van der Waals surface area (Å²) in [5.74, 6) is 0.463. The first-order chi connectivity index (χ1) is 12.1. The number of nitrogens with zero attached hydrogens (tertiary/aromatic N) is 2. The van der Waals surface area contributed by atoms with Crippen LogP contribution in [-0.2, 0) is 6.61 Å². The van der Waals surface area contributed by atoms with Crippen LogP contribution in [0, 0.1) is 0 Å². The molecule has 0 bridgehead atoms. The molecule has 25 heavy (non-hydrogen) atoms. The molecule has 2 aromatic carbocycles. The van der Waals surface area contributed by atoms with Crippen LogP contribution in [0.15, 0.2) is 66.9 Å². The van der Waals surface area contributed by atoms with Gasteiger partial charge in [-0.25, -0.2) is 14.8 Å². The number of fused-ring (bicyclic) bond motifs is 2. The molecule has 0 saturated heterocycles. The lowest BCUT2D eigenvalue weighted by Gasteiger charge is -2.09. The summed E-state index contributed by atoms with van der Waals surface area (Å²) >= 11 is 6.82. The highest BCUT2D eigenvalue weighted by Gasteiger charge is 2.10. The summed E-state index contributed by atoms with van der Waals surface area (Å²) in [5, 5.41) is 1.62. The smallest absolute Gasteiger partial charge is 0.336 e. The fourth-order valence-electron chi connectivity index (χ4n) is 2.59. The number of benzene rings is 2. The summed E-state index contributed by atoms with van der Waals surface area (Å²) in [6.07, 6.45) is 1.46. The molecule has 0 aliphatic heterocycles. The average molecular weight is 462 g/mol. The molecule has 0 spiro atoms. The van der Waals surface area contributed by atoms with Gasteiger partial charge in [-0.05, 0) is 36.4 Å². The standard InChI is InChI=1S/C18H10Br2N2O3/c19-11-2-4-15-14(6-11)18(22-9-21-15)24-8-10-5-17(23)25-16-7-12(20)1-3-13(10)16/h1-7,9H,8H2. The second-order valence-corrected chi connectivity index (χ2v) is 7.19. The van der Waals surface area contributed by atoms with Crippen LogP contribution in [0.2, 0.25) is 0 Å². The summed E-state index contributed by atoms with van der Waals surface area (Å²) < 4.78 is 12.9. The zero-order valence-corrected chi connectivity index (χ0v) is 15.9. The molecule has 0 N–H and O–H groups in total. The van der Waals surface area contributed by atoms with E-state index in [4.69, 9.17) is 9.15 Å². The van der Waals surface area contributed by atoms with Crippen LogP contribution in [0.25, 0.3) is 21.9 Å². The Kier molecular flexibility index (Phi) is 4.27. The van der Waals surface area contributed by atoms with Gasteiger partial charge in [0.2, 0.25) is 5.88 Å². The van der Waals surface area contributed by atoms with E-state index >= 15 is 0 Å². The topological polar surface area (TPSA) is 65.2 Å². The van der Waals surface area contributed by atoms with Gasteiger partial charge in [0.25, 0.3) is 0 Å². The van der Waals surface area contributed by atoms with E-state index in [-0.39, 0.29) is 6.61 Å². The highest BCUT2D eigenvalue weighted by Crippen LogP contribution is 2.27. The molecule has 0 fully saturated rings. The molecule has 2 aromatic heterocycles. The molecule has 0 aliphatic carbocycles. The molecule has 0 radical (unpaired) electrons. The largest absolute Gasteiger partial charge is 0.472 e. The van der Waals surface area contributed by atoms with Crippen molar-refractivity contribution in [2.45, 2.75) is 6.61 Å². The summed E-state index contributed by atoms with van der Waals surface area (Å²) in [6, 6.07) is 12.7. The Morgan fingerprint density at radius 2 is 1.76 bits per heavy atom. The number of hydrogen-bond donors (Lipinski definition) is 0. The molecule has 0 saturated carbocycles. The summed E-state index contributed by atoms with van der Waals surface area (Å²) in [6.45, 7) is 0.197. The molecule has 7 heteroatoms. The number of hydrogen-bond acceptors (Lipinski definition) is 5. The number of rotatable bonds is 3. The normalized spacial score (nSPS) is 11.1. The van der Waals surface area contributed by atoms with Crippen molar-refractivity contribution in [3.8, 4) is 5.88 Å². The third kappa shape index (κ3) is 3.29. The Labute approximate surface area is 158 Å².